The highest BCUT2D eigenvalue weighted by molar-refractivity contribution is 6.75. The molecule has 0 unspecified atom stereocenters. The van der Waals surface area contributed by atoms with Crippen molar-refractivity contribution in [3.63, 3.8) is 0 Å². The lowest BCUT2D eigenvalue weighted by atomic mass is 10.1. The Kier molecular flexibility index (Phi) is 8.59. The van der Waals surface area contributed by atoms with E-state index in [2.05, 4.69) is 97.8 Å². The van der Waals surface area contributed by atoms with Gasteiger partial charge in [-0.05, 0) is 72.9 Å². The molecule has 0 aromatic heterocycles. The van der Waals surface area contributed by atoms with Crippen LogP contribution in [-0.2, 0) is 11.2 Å². The Bertz CT molecular complexity index is 744. The van der Waals surface area contributed by atoms with Crippen LogP contribution in [0.2, 0.25) is 36.3 Å². The molecule has 0 saturated heterocycles. The number of hydrogen-bond acceptors (Lipinski definition) is 3. The lowest BCUT2D eigenvalue weighted by Gasteiger charge is -2.39. The number of benzene rings is 1. The molecule has 0 spiro atoms. The van der Waals surface area contributed by atoms with Crippen LogP contribution in [0, 0.1) is 0 Å². The summed E-state index contributed by atoms with van der Waals surface area (Å²) in [4.78, 5) is 11.3. The minimum absolute atomic E-state index is 0.103. The van der Waals surface area contributed by atoms with Crippen LogP contribution >= 0.6 is 0 Å². The smallest absolute Gasteiger partial charge is 0.250 e. The highest BCUT2D eigenvalue weighted by atomic mass is 28.4. The Balaban J connectivity index is 3.15. The van der Waals surface area contributed by atoms with Gasteiger partial charge in [-0.3, -0.25) is 4.79 Å². The van der Waals surface area contributed by atoms with Crippen LogP contribution < -0.4 is 14.2 Å². The van der Waals surface area contributed by atoms with Crippen LogP contribution in [0.15, 0.2) is 30.9 Å². The number of amides is 1. The first-order chi connectivity index (χ1) is 13.5. The molecule has 0 fully saturated rings. The quantitative estimate of drug-likeness (QED) is 0.259. The summed E-state index contributed by atoms with van der Waals surface area (Å²) >= 11 is 0. The molecule has 4 nitrogen and oxygen atoms in total. The van der Waals surface area contributed by atoms with Gasteiger partial charge in [0.25, 0.3) is 16.6 Å². The Hall–Kier alpha value is -1.54. The van der Waals surface area contributed by atoms with Crippen LogP contribution in [0.25, 0.3) is 0 Å². The standard InChI is InChI=1S/C24H43NO3Si2/c1-12-22(26)25-17-13-14-19-15-16-20(27-29(8,9)23(2,3)4)21(18-19)28-30(10,11)24(5,6)7/h12,15-16,18H,1,13-14,17H2,2-11H3,(H,25,26). The first kappa shape index (κ1) is 26.5. The van der Waals surface area contributed by atoms with Gasteiger partial charge in [-0.2, -0.15) is 0 Å². The van der Waals surface area contributed by atoms with Crippen LogP contribution in [0.1, 0.15) is 53.5 Å². The van der Waals surface area contributed by atoms with E-state index < -0.39 is 16.6 Å². The molecule has 1 N–H and O–H groups in total. The number of rotatable bonds is 9. The molecule has 30 heavy (non-hydrogen) atoms. The van der Waals surface area contributed by atoms with Crippen molar-refractivity contribution < 1.29 is 13.6 Å². The SMILES string of the molecule is C=CC(=O)NCCCc1ccc(O[Si](C)(C)C(C)(C)C)c(O[Si](C)(C)C(C)(C)C)c1. The van der Waals surface area contributed by atoms with Crippen molar-refractivity contribution in [2.45, 2.75) is 90.6 Å². The maximum absolute atomic E-state index is 11.3. The fourth-order valence-corrected chi connectivity index (χ4v) is 4.34. The van der Waals surface area contributed by atoms with Gasteiger partial charge in [0.05, 0.1) is 0 Å². The topological polar surface area (TPSA) is 47.6 Å². The number of nitrogens with one attached hydrogen (secondary N) is 1. The summed E-state index contributed by atoms with van der Waals surface area (Å²) in [7, 11) is -4.00. The summed E-state index contributed by atoms with van der Waals surface area (Å²) in [5, 5.41) is 3.05. The first-order valence-corrected chi connectivity index (χ1v) is 16.7. The van der Waals surface area contributed by atoms with Gasteiger partial charge in [0.15, 0.2) is 0 Å². The van der Waals surface area contributed by atoms with E-state index in [-0.39, 0.29) is 16.0 Å². The molecule has 1 rings (SSSR count). The molecule has 0 aliphatic rings. The molecule has 0 bridgehead atoms. The van der Waals surface area contributed by atoms with Gasteiger partial charge in [0.2, 0.25) is 5.91 Å². The van der Waals surface area contributed by atoms with E-state index in [1.165, 1.54) is 11.6 Å². The number of carbonyl (C=O) groups is 1. The van der Waals surface area contributed by atoms with Crippen molar-refractivity contribution in [3.05, 3.63) is 36.4 Å². The molecule has 0 radical (unpaired) electrons. The number of carbonyl (C=O) groups excluding carboxylic acids is 1. The number of hydrogen-bond donors (Lipinski definition) is 1. The maximum Gasteiger partial charge on any atom is 0.250 e. The highest BCUT2D eigenvalue weighted by Crippen LogP contribution is 2.43. The Morgan fingerprint density at radius 2 is 1.47 bits per heavy atom. The summed E-state index contributed by atoms with van der Waals surface area (Å²) in [6.07, 6.45) is 3.03. The fourth-order valence-electron chi connectivity index (χ4n) is 2.30. The summed E-state index contributed by atoms with van der Waals surface area (Å²) in [6.45, 7) is 26.7. The summed E-state index contributed by atoms with van der Waals surface area (Å²) in [6, 6.07) is 6.33. The molecule has 0 atom stereocenters. The zero-order chi connectivity index (χ0) is 23.4. The predicted octanol–water partition coefficient (Wildman–Crippen LogP) is 6.69. The second-order valence-electron chi connectivity index (χ2n) is 11.1. The van der Waals surface area contributed by atoms with Gasteiger partial charge >= 0.3 is 0 Å². The Morgan fingerprint density at radius 1 is 0.967 bits per heavy atom. The lowest BCUT2D eigenvalue weighted by molar-refractivity contribution is -0.116. The lowest BCUT2D eigenvalue weighted by Crippen LogP contribution is -2.45. The van der Waals surface area contributed by atoms with Crippen molar-refractivity contribution in [1.82, 2.24) is 5.32 Å². The molecule has 1 aromatic rings. The molecule has 0 aliphatic heterocycles. The third-order valence-corrected chi connectivity index (χ3v) is 15.2. The van der Waals surface area contributed by atoms with Gasteiger partial charge in [-0.15, -0.1) is 0 Å². The minimum Gasteiger partial charge on any atom is -0.541 e. The molecule has 1 aromatic carbocycles. The molecule has 0 heterocycles. The van der Waals surface area contributed by atoms with Gasteiger partial charge < -0.3 is 14.2 Å². The van der Waals surface area contributed by atoms with Crippen molar-refractivity contribution in [2.24, 2.45) is 0 Å². The molecule has 170 valence electrons. The van der Waals surface area contributed by atoms with E-state index in [0.29, 0.717) is 6.54 Å². The van der Waals surface area contributed by atoms with Crippen LogP contribution in [0.5, 0.6) is 11.5 Å². The van der Waals surface area contributed by atoms with Crippen LogP contribution in [-0.4, -0.2) is 29.1 Å². The monoisotopic (exact) mass is 449 g/mol. The average Bonchev–Trinajstić information content (AvgIpc) is 2.58. The summed E-state index contributed by atoms with van der Waals surface area (Å²) in [5.41, 5.74) is 1.19. The molecule has 0 aliphatic carbocycles. The zero-order valence-corrected chi connectivity index (χ0v) is 22.9. The third kappa shape index (κ3) is 7.31. The second kappa shape index (κ2) is 9.73. The minimum atomic E-state index is -2.01. The third-order valence-electron chi connectivity index (χ3n) is 6.48. The number of aryl methyl sites for hydroxylation is 1. The molecular formula is C24H43NO3Si2. The Morgan fingerprint density at radius 3 is 1.93 bits per heavy atom. The maximum atomic E-state index is 11.3. The molecule has 6 heteroatoms. The van der Waals surface area contributed by atoms with E-state index >= 15 is 0 Å². The first-order valence-electron chi connectivity index (χ1n) is 10.9. The van der Waals surface area contributed by atoms with E-state index in [0.717, 1.165) is 24.3 Å². The predicted molar refractivity (Wildman–Crippen MR) is 134 cm³/mol. The van der Waals surface area contributed by atoms with E-state index in [1.54, 1.807) is 0 Å². The van der Waals surface area contributed by atoms with Crippen molar-refractivity contribution in [3.8, 4) is 11.5 Å². The summed E-state index contributed by atoms with van der Waals surface area (Å²) in [5.74, 6) is 1.59. The Labute approximate surface area is 186 Å². The van der Waals surface area contributed by atoms with Crippen molar-refractivity contribution in [1.29, 1.82) is 0 Å². The average molecular weight is 450 g/mol. The molecule has 1 amide bonds. The van der Waals surface area contributed by atoms with Crippen molar-refractivity contribution >= 4 is 22.5 Å². The van der Waals surface area contributed by atoms with Crippen LogP contribution in [0.3, 0.4) is 0 Å². The molecular weight excluding hydrogens is 406 g/mol. The van der Waals surface area contributed by atoms with Gasteiger partial charge in [-0.25, -0.2) is 0 Å². The van der Waals surface area contributed by atoms with E-state index in [1.807, 2.05) is 0 Å². The van der Waals surface area contributed by atoms with Gasteiger partial charge in [0.1, 0.15) is 11.5 Å². The van der Waals surface area contributed by atoms with Crippen molar-refractivity contribution in [2.75, 3.05) is 6.54 Å². The second-order valence-corrected chi connectivity index (χ2v) is 20.6. The van der Waals surface area contributed by atoms with Gasteiger partial charge in [0, 0.05) is 6.54 Å². The van der Waals surface area contributed by atoms with E-state index in [9.17, 15) is 4.79 Å². The van der Waals surface area contributed by atoms with Gasteiger partial charge in [-0.1, -0.05) is 54.2 Å². The van der Waals surface area contributed by atoms with Crippen LogP contribution in [0.4, 0.5) is 0 Å². The highest BCUT2D eigenvalue weighted by Gasteiger charge is 2.42. The fraction of sp³-hybridized carbons (Fsp3) is 0.625. The van der Waals surface area contributed by atoms with E-state index in [4.69, 9.17) is 8.85 Å². The largest absolute Gasteiger partial charge is 0.541 e. The summed E-state index contributed by atoms with van der Waals surface area (Å²) < 4.78 is 13.4. The molecule has 0 saturated carbocycles. The normalized spacial score (nSPS) is 13.0. The zero-order valence-electron chi connectivity index (χ0n) is 20.9.